The Kier molecular flexibility index (Phi) is 2.10. The van der Waals surface area contributed by atoms with Gasteiger partial charge in [0.1, 0.15) is 0 Å². The van der Waals surface area contributed by atoms with Gasteiger partial charge in [-0.1, -0.05) is 30.3 Å². The number of hydrogen-bond acceptors (Lipinski definition) is 2. The molecule has 2 nitrogen and oxygen atoms in total. The van der Waals surface area contributed by atoms with E-state index in [1.165, 1.54) is 0 Å². The van der Waals surface area contributed by atoms with Crippen LogP contribution in [0.15, 0.2) is 30.3 Å². The van der Waals surface area contributed by atoms with Crippen LogP contribution in [0.4, 0.5) is 0 Å². The Hall–Kier alpha value is -0.860. The molecule has 2 rings (SSSR count). The molecule has 0 spiro atoms. The van der Waals surface area contributed by atoms with Gasteiger partial charge in [0.2, 0.25) is 0 Å². The van der Waals surface area contributed by atoms with E-state index >= 15 is 0 Å². The first-order valence-corrected chi connectivity index (χ1v) is 4.73. The van der Waals surface area contributed by atoms with Gasteiger partial charge < -0.3 is 10.8 Å². The second kappa shape index (κ2) is 3.13. The second-order valence-corrected chi connectivity index (χ2v) is 3.95. The van der Waals surface area contributed by atoms with E-state index in [1.807, 2.05) is 30.3 Å². The smallest absolute Gasteiger partial charge is 0.0668 e. The number of benzene rings is 1. The highest BCUT2D eigenvalue weighted by atomic mass is 16.3. The highest BCUT2D eigenvalue weighted by Gasteiger charge is 2.41. The van der Waals surface area contributed by atoms with Crippen molar-refractivity contribution < 1.29 is 5.11 Å². The van der Waals surface area contributed by atoms with E-state index < -0.39 is 5.60 Å². The van der Waals surface area contributed by atoms with Crippen molar-refractivity contribution in [2.24, 2.45) is 5.73 Å². The van der Waals surface area contributed by atoms with Crippen LogP contribution in [0.1, 0.15) is 30.9 Å². The normalized spacial score (nSPS) is 21.1. The van der Waals surface area contributed by atoms with E-state index in [9.17, 15) is 5.11 Å². The van der Waals surface area contributed by atoms with Gasteiger partial charge in [-0.3, -0.25) is 0 Å². The van der Waals surface area contributed by atoms with Crippen LogP contribution in [-0.2, 0) is 0 Å². The van der Waals surface area contributed by atoms with E-state index in [2.05, 4.69) is 0 Å². The second-order valence-electron chi connectivity index (χ2n) is 3.95. The third-order valence-electron chi connectivity index (χ3n) is 2.65. The number of nitrogens with two attached hydrogens (primary N) is 1. The molecule has 0 heterocycles. The fourth-order valence-corrected chi connectivity index (χ4v) is 1.58. The van der Waals surface area contributed by atoms with E-state index in [-0.39, 0.29) is 6.04 Å². The van der Waals surface area contributed by atoms with Crippen LogP contribution in [0.3, 0.4) is 0 Å². The van der Waals surface area contributed by atoms with Crippen molar-refractivity contribution in [1.29, 1.82) is 0 Å². The van der Waals surface area contributed by atoms with Gasteiger partial charge in [-0.05, 0) is 24.8 Å². The molecule has 2 heteroatoms. The molecule has 0 bridgehead atoms. The van der Waals surface area contributed by atoms with E-state index in [4.69, 9.17) is 5.73 Å². The van der Waals surface area contributed by atoms with Crippen molar-refractivity contribution >= 4 is 0 Å². The summed E-state index contributed by atoms with van der Waals surface area (Å²) in [4.78, 5) is 0. The molecular formula is C11H15NO. The van der Waals surface area contributed by atoms with Gasteiger partial charge in [0.15, 0.2) is 0 Å². The molecule has 70 valence electrons. The molecule has 0 amide bonds. The summed E-state index contributed by atoms with van der Waals surface area (Å²) in [5.74, 6) is 0. The fourth-order valence-electron chi connectivity index (χ4n) is 1.58. The van der Waals surface area contributed by atoms with Crippen molar-refractivity contribution in [3.8, 4) is 0 Å². The van der Waals surface area contributed by atoms with Gasteiger partial charge in [-0.2, -0.15) is 0 Å². The first-order chi connectivity index (χ1) is 6.20. The average Bonchev–Trinajstić information content (AvgIpc) is 2.85. The molecule has 1 saturated carbocycles. The largest absolute Gasteiger partial charge is 0.390 e. The monoisotopic (exact) mass is 177 g/mol. The van der Waals surface area contributed by atoms with Crippen molar-refractivity contribution in [2.75, 3.05) is 0 Å². The van der Waals surface area contributed by atoms with Gasteiger partial charge in [-0.15, -0.1) is 0 Å². The molecule has 1 atom stereocenters. The zero-order chi connectivity index (χ0) is 9.31. The lowest BCUT2D eigenvalue weighted by Crippen LogP contribution is -2.19. The van der Waals surface area contributed by atoms with Gasteiger partial charge >= 0.3 is 0 Å². The fraction of sp³-hybridized carbons (Fsp3) is 0.455. The van der Waals surface area contributed by atoms with Crippen molar-refractivity contribution in [2.45, 2.75) is 30.9 Å². The number of rotatable bonds is 3. The molecule has 1 fully saturated rings. The summed E-state index contributed by atoms with van der Waals surface area (Å²) in [5, 5.41) is 9.68. The van der Waals surface area contributed by atoms with Crippen LogP contribution >= 0.6 is 0 Å². The Morgan fingerprint density at radius 2 is 1.92 bits per heavy atom. The van der Waals surface area contributed by atoms with Crippen molar-refractivity contribution in [1.82, 2.24) is 0 Å². The highest BCUT2D eigenvalue weighted by Crippen LogP contribution is 2.41. The minimum absolute atomic E-state index is 0.0197. The van der Waals surface area contributed by atoms with Crippen molar-refractivity contribution in [3.63, 3.8) is 0 Å². The number of hydrogen-bond donors (Lipinski definition) is 2. The molecular weight excluding hydrogens is 162 g/mol. The summed E-state index contributed by atoms with van der Waals surface area (Å²) in [6.45, 7) is 0. The third-order valence-corrected chi connectivity index (χ3v) is 2.65. The Morgan fingerprint density at radius 3 is 2.46 bits per heavy atom. The molecule has 13 heavy (non-hydrogen) atoms. The molecule has 0 radical (unpaired) electrons. The first-order valence-electron chi connectivity index (χ1n) is 4.73. The standard InChI is InChI=1S/C11H15NO/c12-10(8-11(13)6-7-11)9-4-2-1-3-5-9/h1-5,10,13H,6-8,12H2/t10-/m0/s1. The lowest BCUT2D eigenvalue weighted by Gasteiger charge is -2.15. The summed E-state index contributed by atoms with van der Waals surface area (Å²) in [6.07, 6.45) is 2.51. The third kappa shape index (κ3) is 2.08. The van der Waals surface area contributed by atoms with Crippen LogP contribution in [0.25, 0.3) is 0 Å². The van der Waals surface area contributed by atoms with Crippen molar-refractivity contribution in [3.05, 3.63) is 35.9 Å². The Labute approximate surface area is 78.4 Å². The summed E-state index contributed by atoms with van der Waals surface area (Å²) in [7, 11) is 0. The van der Waals surface area contributed by atoms with Crippen LogP contribution in [0.5, 0.6) is 0 Å². The molecule has 0 unspecified atom stereocenters. The summed E-state index contributed by atoms with van der Waals surface area (Å²) < 4.78 is 0. The molecule has 0 aromatic heterocycles. The van der Waals surface area contributed by atoms with Gasteiger partial charge in [0.25, 0.3) is 0 Å². The molecule has 3 N–H and O–H groups in total. The van der Waals surface area contributed by atoms with Gasteiger partial charge in [0, 0.05) is 6.04 Å². The van der Waals surface area contributed by atoms with Gasteiger partial charge in [0.05, 0.1) is 5.60 Å². The van der Waals surface area contributed by atoms with Crippen LogP contribution in [-0.4, -0.2) is 10.7 Å². The van der Waals surface area contributed by atoms with Crippen LogP contribution in [0.2, 0.25) is 0 Å². The Morgan fingerprint density at radius 1 is 1.31 bits per heavy atom. The number of aliphatic hydroxyl groups is 1. The van der Waals surface area contributed by atoms with E-state index in [0.29, 0.717) is 6.42 Å². The maximum atomic E-state index is 9.68. The zero-order valence-electron chi connectivity index (χ0n) is 7.61. The quantitative estimate of drug-likeness (QED) is 0.736. The molecule has 0 aliphatic heterocycles. The van der Waals surface area contributed by atoms with Crippen LogP contribution in [0, 0.1) is 0 Å². The average molecular weight is 177 g/mol. The Balaban J connectivity index is 2.01. The lowest BCUT2D eigenvalue weighted by molar-refractivity contribution is 0.131. The molecule has 1 aromatic carbocycles. The minimum Gasteiger partial charge on any atom is -0.390 e. The predicted octanol–water partition coefficient (Wildman–Crippen LogP) is 1.60. The summed E-state index contributed by atoms with van der Waals surface area (Å²) in [6, 6.07) is 9.93. The maximum absolute atomic E-state index is 9.68. The SMILES string of the molecule is N[C@@H](CC1(O)CC1)c1ccccc1. The minimum atomic E-state index is -0.449. The molecule has 1 aromatic rings. The Bertz CT molecular complexity index is 279. The highest BCUT2D eigenvalue weighted by molar-refractivity contribution is 5.19. The zero-order valence-corrected chi connectivity index (χ0v) is 7.61. The lowest BCUT2D eigenvalue weighted by atomic mass is 10.0. The topological polar surface area (TPSA) is 46.2 Å². The molecule has 0 saturated heterocycles. The molecule has 1 aliphatic rings. The molecule has 1 aliphatic carbocycles. The van der Waals surface area contributed by atoms with E-state index in [0.717, 1.165) is 18.4 Å². The van der Waals surface area contributed by atoms with Gasteiger partial charge in [-0.25, -0.2) is 0 Å². The van der Waals surface area contributed by atoms with E-state index in [1.54, 1.807) is 0 Å². The predicted molar refractivity (Wildman–Crippen MR) is 52.2 cm³/mol. The summed E-state index contributed by atoms with van der Waals surface area (Å²) >= 11 is 0. The van der Waals surface area contributed by atoms with Crippen LogP contribution < -0.4 is 5.73 Å². The first kappa shape index (κ1) is 8.73. The summed E-state index contributed by atoms with van der Waals surface area (Å²) in [5.41, 5.74) is 6.63. The maximum Gasteiger partial charge on any atom is 0.0668 e.